The largest absolute Gasteiger partial charge is 0.508 e. The third-order valence-electron chi connectivity index (χ3n) is 2.54. The second-order valence-electron chi connectivity index (χ2n) is 4.10. The normalized spacial score (nSPS) is 10.0. The third kappa shape index (κ3) is 4.60. The molecule has 2 rings (SSSR count). The minimum Gasteiger partial charge on any atom is -0.508 e. The Morgan fingerprint density at radius 1 is 1.14 bits per heavy atom. The van der Waals surface area contributed by atoms with Crippen molar-refractivity contribution in [1.82, 2.24) is 5.43 Å². The van der Waals surface area contributed by atoms with Crippen LogP contribution in [0.1, 0.15) is 11.1 Å². The predicted molar refractivity (Wildman–Crippen MR) is 86.2 cm³/mol. The highest BCUT2D eigenvalue weighted by Gasteiger charge is 1.96. The maximum Gasteiger partial charge on any atom is 0.191 e. The zero-order valence-corrected chi connectivity index (χ0v) is 11.8. The Hall–Kier alpha value is -2.91. The van der Waals surface area contributed by atoms with E-state index in [9.17, 15) is 0 Å². The highest BCUT2D eigenvalue weighted by Crippen LogP contribution is 2.09. The van der Waals surface area contributed by atoms with Crippen LogP contribution in [0, 0.1) is 11.3 Å². The summed E-state index contributed by atoms with van der Waals surface area (Å²) in [5.74, 6) is 0.207. The van der Waals surface area contributed by atoms with Crippen LogP contribution in [0.25, 0.3) is 0 Å². The van der Waals surface area contributed by atoms with E-state index in [4.69, 9.17) is 22.6 Å². The minimum atomic E-state index is 0.207. The monoisotopic (exact) mass is 296 g/mol. The minimum absolute atomic E-state index is 0.207. The van der Waals surface area contributed by atoms with Crippen LogP contribution in [0.5, 0.6) is 5.75 Å². The zero-order chi connectivity index (χ0) is 15.1. The summed E-state index contributed by atoms with van der Waals surface area (Å²) in [5, 5.41) is 25.1. The van der Waals surface area contributed by atoms with Crippen LogP contribution < -0.4 is 10.7 Å². The van der Waals surface area contributed by atoms with E-state index in [2.05, 4.69) is 15.8 Å². The van der Waals surface area contributed by atoms with Gasteiger partial charge in [-0.3, -0.25) is 5.43 Å². The van der Waals surface area contributed by atoms with E-state index in [1.807, 2.05) is 6.07 Å². The van der Waals surface area contributed by atoms with Crippen molar-refractivity contribution < 1.29 is 5.11 Å². The fraction of sp³-hybridized carbons (Fsp3) is 0. The van der Waals surface area contributed by atoms with Gasteiger partial charge in [-0.2, -0.15) is 10.4 Å². The summed E-state index contributed by atoms with van der Waals surface area (Å²) in [5.41, 5.74) is 4.88. The number of nitrogens with zero attached hydrogens (tertiary/aromatic N) is 2. The molecular weight excluding hydrogens is 284 g/mol. The van der Waals surface area contributed by atoms with Gasteiger partial charge in [0.05, 0.1) is 17.8 Å². The van der Waals surface area contributed by atoms with Crippen molar-refractivity contribution in [3.05, 3.63) is 59.7 Å². The molecule has 0 radical (unpaired) electrons. The molecule has 6 heteroatoms. The van der Waals surface area contributed by atoms with E-state index < -0.39 is 0 Å². The molecule has 0 amide bonds. The van der Waals surface area contributed by atoms with Gasteiger partial charge in [0, 0.05) is 5.69 Å². The molecule has 0 aliphatic rings. The molecule has 104 valence electrons. The highest BCUT2D eigenvalue weighted by atomic mass is 32.1. The fourth-order valence-electron chi connectivity index (χ4n) is 1.51. The molecule has 3 N–H and O–H groups in total. The lowest BCUT2D eigenvalue weighted by Gasteiger charge is -2.06. The number of phenolic OH excluding ortho intramolecular Hbond substituents is 1. The van der Waals surface area contributed by atoms with Gasteiger partial charge in [0.2, 0.25) is 0 Å². The van der Waals surface area contributed by atoms with Crippen LogP contribution in [0.3, 0.4) is 0 Å². The number of benzene rings is 2. The standard InChI is InChI=1S/C15H12N4OS/c16-9-11-1-5-13(6-2-11)18-15(21)19-17-10-12-3-7-14(20)8-4-12/h1-8,10,20H,(H2,18,19,21)/b17-10+. The van der Waals surface area contributed by atoms with E-state index in [0.29, 0.717) is 10.7 Å². The molecule has 0 saturated carbocycles. The van der Waals surface area contributed by atoms with Crippen molar-refractivity contribution in [2.75, 3.05) is 5.32 Å². The summed E-state index contributed by atoms with van der Waals surface area (Å²) >= 11 is 5.09. The lowest BCUT2D eigenvalue weighted by Crippen LogP contribution is -2.23. The predicted octanol–water partition coefficient (Wildman–Crippen LogP) is 2.58. The summed E-state index contributed by atoms with van der Waals surface area (Å²) in [6, 6.07) is 15.6. The third-order valence-corrected chi connectivity index (χ3v) is 2.74. The lowest BCUT2D eigenvalue weighted by molar-refractivity contribution is 0.475. The van der Waals surface area contributed by atoms with E-state index in [-0.39, 0.29) is 5.75 Å². The maximum atomic E-state index is 9.16. The van der Waals surface area contributed by atoms with E-state index in [1.54, 1.807) is 54.7 Å². The van der Waals surface area contributed by atoms with Gasteiger partial charge < -0.3 is 10.4 Å². The molecule has 0 atom stereocenters. The van der Waals surface area contributed by atoms with Crippen LogP contribution in [0.4, 0.5) is 5.69 Å². The first-order valence-corrected chi connectivity index (χ1v) is 6.47. The van der Waals surface area contributed by atoms with Crippen LogP contribution in [-0.4, -0.2) is 16.4 Å². The quantitative estimate of drug-likeness (QED) is 0.461. The number of hydrogen-bond acceptors (Lipinski definition) is 4. The molecule has 0 bridgehead atoms. The number of thiocarbonyl (C=S) groups is 1. The summed E-state index contributed by atoms with van der Waals surface area (Å²) in [6.45, 7) is 0. The Kier molecular flexibility index (Phi) is 4.85. The van der Waals surface area contributed by atoms with E-state index in [0.717, 1.165) is 11.3 Å². The van der Waals surface area contributed by atoms with Crippen molar-refractivity contribution in [1.29, 1.82) is 5.26 Å². The molecule has 0 heterocycles. The molecule has 2 aromatic carbocycles. The van der Waals surface area contributed by atoms with Gasteiger partial charge in [-0.15, -0.1) is 0 Å². The number of hydrazone groups is 1. The average Bonchev–Trinajstić information content (AvgIpc) is 2.50. The van der Waals surface area contributed by atoms with Crippen molar-refractivity contribution >= 4 is 29.2 Å². The van der Waals surface area contributed by atoms with Gasteiger partial charge in [0.25, 0.3) is 0 Å². The summed E-state index contributed by atoms with van der Waals surface area (Å²) in [6.07, 6.45) is 1.59. The molecule has 0 saturated heterocycles. The van der Waals surface area contributed by atoms with Crippen molar-refractivity contribution in [3.8, 4) is 11.8 Å². The Morgan fingerprint density at radius 2 is 1.81 bits per heavy atom. The first-order valence-electron chi connectivity index (χ1n) is 6.06. The summed E-state index contributed by atoms with van der Waals surface area (Å²) in [7, 11) is 0. The van der Waals surface area contributed by atoms with Gasteiger partial charge >= 0.3 is 0 Å². The number of nitrogens with one attached hydrogen (secondary N) is 2. The zero-order valence-electron chi connectivity index (χ0n) is 10.9. The fourth-order valence-corrected chi connectivity index (χ4v) is 1.68. The van der Waals surface area contributed by atoms with Crippen molar-refractivity contribution in [3.63, 3.8) is 0 Å². The summed E-state index contributed by atoms with van der Waals surface area (Å²) in [4.78, 5) is 0. The number of aromatic hydroxyl groups is 1. The van der Waals surface area contributed by atoms with Gasteiger partial charge in [0.15, 0.2) is 5.11 Å². The molecule has 0 unspecified atom stereocenters. The second kappa shape index (κ2) is 7.03. The van der Waals surface area contributed by atoms with Gasteiger partial charge in [-0.25, -0.2) is 0 Å². The maximum absolute atomic E-state index is 9.16. The molecule has 0 fully saturated rings. The number of phenols is 1. The second-order valence-corrected chi connectivity index (χ2v) is 4.51. The lowest BCUT2D eigenvalue weighted by atomic mass is 10.2. The van der Waals surface area contributed by atoms with Crippen molar-refractivity contribution in [2.24, 2.45) is 5.10 Å². The molecule has 0 spiro atoms. The number of anilines is 1. The Labute approximate surface area is 127 Å². The van der Waals surface area contributed by atoms with Crippen molar-refractivity contribution in [2.45, 2.75) is 0 Å². The number of nitriles is 1. The Morgan fingerprint density at radius 3 is 2.43 bits per heavy atom. The highest BCUT2D eigenvalue weighted by molar-refractivity contribution is 7.80. The van der Waals surface area contributed by atoms with Gasteiger partial charge in [0.1, 0.15) is 5.75 Å². The average molecular weight is 296 g/mol. The molecule has 0 aliphatic heterocycles. The Bertz CT molecular complexity index is 687. The van der Waals surface area contributed by atoms with Crippen LogP contribution in [-0.2, 0) is 0 Å². The molecule has 5 nitrogen and oxygen atoms in total. The number of hydrogen-bond donors (Lipinski definition) is 3. The van der Waals surface area contributed by atoms with Crippen LogP contribution in [0.2, 0.25) is 0 Å². The van der Waals surface area contributed by atoms with Gasteiger partial charge in [-0.1, -0.05) is 0 Å². The van der Waals surface area contributed by atoms with Crippen LogP contribution >= 0.6 is 12.2 Å². The molecular formula is C15H12N4OS. The smallest absolute Gasteiger partial charge is 0.191 e. The topological polar surface area (TPSA) is 80.4 Å². The first-order chi connectivity index (χ1) is 10.2. The molecule has 0 aromatic heterocycles. The molecule has 0 aliphatic carbocycles. The number of rotatable bonds is 3. The first kappa shape index (κ1) is 14.5. The van der Waals surface area contributed by atoms with E-state index in [1.165, 1.54) is 0 Å². The Balaban J connectivity index is 1.86. The van der Waals surface area contributed by atoms with E-state index >= 15 is 0 Å². The molecule has 2 aromatic rings. The SMILES string of the molecule is N#Cc1ccc(NC(=S)N/N=C/c2ccc(O)cc2)cc1. The summed E-state index contributed by atoms with van der Waals surface area (Å²) < 4.78 is 0. The van der Waals surface area contributed by atoms with Crippen LogP contribution in [0.15, 0.2) is 53.6 Å². The molecule has 21 heavy (non-hydrogen) atoms. The van der Waals surface area contributed by atoms with Gasteiger partial charge in [-0.05, 0) is 66.3 Å².